The van der Waals surface area contributed by atoms with Gasteiger partial charge in [0.25, 0.3) is 0 Å². The van der Waals surface area contributed by atoms with Crippen molar-refractivity contribution < 1.29 is 4.79 Å². The second kappa shape index (κ2) is 3.65. The van der Waals surface area contributed by atoms with Gasteiger partial charge in [0, 0.05) is 34.2 Å². The number of benzene rings is 2. The van der Waals surface area contributed by atoms with E-state index >= 15 is 0 Å². The molecule has 1 N–H and O–H groups in total. The molecular formula is C16H10N2O. The van der Waals surface area contributed by atoms with Crippen molar-refractivity contribution in [3.05, 3.63) is 54.4 Å². The molecule has 4 aromatic rings. The molecule has 0 aliphatic carbocycles. The fourth-order valence-corrected chi connectivity index (χ4v) is 2.65. The lowest BCUT2D eigenvalue weighted by molar-refractivity contribution is 0.112. The summed E-state index contributed by atoms with van der Waals surface area (Å²) in [5, 5.41) is 4.27. The molecule has 0 radical (unpaired) electrons. The maximum Gasteiger partial charge on any atom is 0.152 e. The highest BCUT2D eigenvalue weighted by molar-refractivity contribution is 6.19. The van der Waals surface area contributed by atoms with Crippen molar-refractivity contribution in [3.8, 4) is 0 Å². The Hall–Kier alpha value is -2.68. The molecule has 2 heterocycles. The normalized spacial score (nSPS) is 11.4. The molecule has 3 heteroatoms. The first-order valence-electron chi connectivity index (χ1n) is 6.11. The lowest BCUT2D eigenvalue weighted by atomic mass is 10.0. The number of carbonyl (C=O) groups is 1. The smallest absolute Gasteiger partial charge is 0.152 e. The third-order valence-electron chi connectivity index (χ3n) is 3.56. The topological polar surface area (TPSA) is 45.8 Å². The van der Waals surface area contributed by atoms with Crippen LogP contribution in [0.2, 0.25) is 0 Å². The Bertz CT molecular complexity index is 937. The van der Waals surface area contributed by atoms with Crippen molar-refractivity contribution in [2.75, 3.05) is 0 Å². The molecule has 0 fully saturated rings. The maximum atomic E-state index is 11.0. The number of nitrogens with zero attached hydrogens (tertiary/aromatic N) is 1. The third kappa shape index (κ3) is 1.32. The summed E-state index contributed by atoms with van der Waals surface area (Å²) in [6.45, 7) is 0. The fourth-order valence-electron chi connectivity index (χ4n) is 2.65. The number of hydrogen-bond acceptors (Lipinski definition) is 2. The lowest BCUT2D eigenvalue weighted by Crippen LogP contribution is -1.84. The van der Waals surface area contributed by atoms with Gasteiger partial charge in [0.1, 0.15) is 0 Å². The van der Waals surface area contributed by atoms with Gasteiger partial charge in [-0.3, -0.25) is 9.78 Å². The summed E-state index contributed by atoms with van der Waals surface area (Å²) in [6, 6.07) is 12.1. The first kappa shape index (κ1) is 10.3. The van der Waals surface area contributed by atoms with Crippen LogP contribution in [0.3, 0.4) is 0 Å². The number of fused-ring (bicyclic) bond motifs is 5. The van der Waals surface area contributed by atoms with Crippen LogP contribution in [-0.2, 0) is 0 Å². The molecule has 3 nitrogen and oxygen atoms in total. The molecule has 2 aromatic carbocycles. The molecule has 4 rings (SSSR count). The number of H-pyrrole nitrogens is 1. The number of aromatic nitrogens is 2. The van der Waals surface area contributed by atoms with Gasteiger partial charge in [0.2, 0.25) is 0 Å². The quantitative estimate of drug-likeness (QED) is 0.411. The molecule has 0 saturated heterocycles. The first-order chi connectivity index (χ1) is 9.38. The van der Waals surface area contributed by atoms with E-state index in [-0.39, 0.29) is 0 Å². The summed E-state index contributed by atoms with van der Waals surface area (Å²) in [5.41, 5.74) is 2.55. The monoisotopic (exact) mass is 246 g/mol. The Balaban J connectivity index is 2.33. The Morgan fingerprint density at radius 3 is 2.84 bits per heavy atom. The van der Waals surface area contributed by atoms with E-state index in [0.717, 1.165) is 38.9 Å². The molecule has 2 aromatic heterocycles. The van der Waals surface area contributed by atoms with E-state index in [9.17, 15) is 4.79 Å². The van der Waals surface area contributed by atoms with E-state index in [1.54, 1.807) is 6.20 Å². The van der Waals surface area contributed by atoms with Crippen LogP contribution in [0, 0.1) is 0 Å². The SMILES string of the molecule is O=Cc1cnc2c1ccc1[nH]cc3ccccc3c12. The van der Waals surface area contributed by atoms with E-state index in [2.05, 4.69) is 22.1 Å². The largest absolute Gasteiger partial charge is 0.361 e. The third-order valence-corrected chi connectivity index (χ3v) is 3.56. The number of nitrogens with one attached hydrogen (secondary N) is 1. The summed E-state index contributed by atoms with van der Waals surface area (Å²) >= 11 is 0. The summed E-state index contributed by atoms with van der Waals surface area (Å²) in [6.07, 6.45) is 4.49. The van der Waals surface area contributed by atoms with Gasteiger partial charge >= 0.3 is 0 Å². The van der Waals surface area contributed by atoms with Gasteiger partial charge in [-0.1, -0.05) is 24.3 Å². The second-order valence-corrected chi connectivity index (χ2v) is 4.59. The predicted molar refractivity (Wildman–Crippen MR) is 76.5 cm³/mol. The number of hydrogen-bond donors (Lipinski definition) is 1. The molecule has 0 unspecified atom stereocenters. The van der Waals surface area contributed by atoms with Gasteiger partial charge in [-0.25, -0.2) is 0 Å². The Kier molecular flexibility index (Phi) is 1.97. The molecule has 90 valence electrons. The van der Waals surface area contributed by atoms with Crippen molar-refractivity contribution in [2.45, 2.75) is 0 Å². The van der Waals surface area contributed by atoms with E-state index in [0.29, 0.717) is 5.56 Å². The van der Waals surface area contributed by atoms with Gasteiger partial charge in [-0.2, -0.15) is 0 Å². The van der Waals surface area contributed by atoms with Crippen molar-refractivity contribution >= 4 is 38.9 Å². The van der Waals surface area contributed by atoms with E-state index < -0.39 is 0 Å². The van der Waals surface area contributed by atoms with Crippen LogP contribution < -0.4 is 0 Å². The van der Waals surface area contributed by atoms with Crippen LogP contribution >= 0.6 is 0 Å². The Labute approximate surface area is 108 Å². The zero-order chi connectivity index (χ0) is 12.8. The van der Waals surface area contributed by atoms with Crippen molar-refractivity contribution in [1.29, 1.82) is 0 Å². The van der Waals surface area contributed by atoms with Gasteiger partial charge in [-0.05, 0) is 22.9 Å². The van der Waals surface area contributed by atoms with Crippen LogP contribution in [0.1, 0.15) is 10.4 Å². The number of carbonyl (C=O) groups excluding carboxylic acids is 1. The Morgan fingerprint density at radius 2 is 1.95 bits per heavy atom. The number of aromatic amines is 1. The molecule has 0 amide bonds. The van der Waals surface area contributed by atoms with Crippen molar-refractivity contribution in [3.63, 3.8) is 0 Å². The highest BCUT2D eigenvalue weighted by Crippen LogP contribution is 2.30. The minimum absolute atomic E-state index is 0.643. The predicted octanol–water partition coefficient (Wildman–Crippen LogP) is 3.68. The minimum Gasteiger partial charge on any atom is -0.361 e. The second-order valence-electron chi connectivity index (χ2n) is 4.59. The summed E-state index contributed by atoms with van der Waals surface area (Å²) in [5.74, 6) is 0. The van der Waals surface area contributed by atoms with Gasteiger partial charge < -0.3 is 4.98 Å². The minimum atomic E-state index is 0.643. The summed E-state index contributed by atoms with van der Waals surface area (Å²) < 4.78 is 0. The molecule has 0 saturated carbocycles. The van der Waals surface area contributed by atoms with Gasteiger partial charge in [0.05, 0.1) is 5.52 Å². The Morgan fingerprint density at radius 1 is 1.05 bits per heavy atom. The molecule has 0 spiro atoms. The fraction of sp³-hybridized carbons (Fsp3) is 0. The van der Waals surface area contributed by atoms with Crippen molar-refractivity contribution in [1.82, 2.24) is 9.97 Å². The molecule has 0 bridgehead atoms. The molecule has 19 heavy (non-hydrogen) atoms. The van der Waals surface area contributed by atoms with Gasteiger partial charge in [-0.15, -0.1) is 0 Å². The van der Waals surface area contributed by atoms with Crippen LogP contribution in [0.15, 0.2) is 48.8 Å². The number of rotatable bonds is 1. The number of aldehydes is 1. The molecular weight excluding hydrogens is 236 g/mol. The van der Waals surface area contributed by atoms with E-state index in [4.69, 9.17) is 0 Å². The van der Waals surface area contributed by atoms with Crippen molar-refractivity contribution in [2.24, 2.45) is 0 Å². The molecule has 0 aliphatic heterocycles. The highest BCUT2D eigenvalue weighted by atomic mass is 16.1. The zero-order valence-corrected chi connectivity index (χ0v) is 10.1. The molecule has 0 aliphatic rings. The summed E-state index contributed by atoms with van der Waals surface area (Å²) in [4.78, 5) is 18.7. The zero-order valence-electron chi connectivity index (χ0n) is 10.1. The average molecular weight is 246 g/mol. The van der Waals surface area contributed by atoms with Crippen LogP contribution in [-0.4, -0.2) is 16.3 Å². The van der Waals surface area contributed by atoms with Crippen LogP contribution in [0.5, 0.6) is 0 Å². The van der Waals surface area contributed by atoms with E-state index in [1.807, 2.05) is 30.5 Å². The maximum absolute atomic E-state index is 11.0. The van der Waals surface area contributed by atoms with Crippen LogP contribution in [0.4, 0.5) is 0 Å². The first-order valence-corrected chi connectivity index (χ1v) is 6.11. The summed E-state index contributed by atoms with van der Waals surface area (Å²) in [7, 11) is 0. The number of pyridine rings is 1. The van der Waals surface area contributed by atoms with Crippen LogP contribution in [0.25, 0.3) is 32.6 Å². The molecule has 0 atom stereocenters. The lowest BCUT2D eigenvalue weighted by Gasteiger charge is -2.05. The standard InChI is InChI=1S/C16H10N2O/c19-9-11-8-18-16-13(11)5-6-14-15(16)12-4-2-1-3-10(12)7-17-14/h1-9,17H. The highest BCUT2D eigenvalue weighted by Gasteiger charge is 2.10. The van der Waals surface area contributed by atoms with E-state index in [1.165, 1.54) is 0 Å². The van der Waals surface area contributed by atoms with Gasteiger partial charge in [0.15, 0.2) is 6.29 Å². The average Bonchev–Trinajstić information content (AvgIpc) is 2.89.